The molecule has 9 heteroatoms. The summed E-state index contributed by atoms with van der Waals surface area (Å²) in [4.78, 5) is 16.5. The lowest BCUT2D eigenvalue weighted by atomic mass is 9.61. The van der Waals surface area contributed by atoms with Gasteiger partial charge >= 0.3 is 6.09 Å². The molecule has 192 valence electrons. The Kier molecular flexibility index (Phi) is 7.12. The lowest BCUT2D eigenvalue weighted by Gasteiger charge is -2.47. The number of pyridine rings is 1. The third-order valence-electron chi connectivity index (χ3n) is 7.92. The first-order valence-corrected chi connectivity index (χ1v) is 14.2. The molecule has 6 atom stereocenters. The molecule has 36 heavy (non-hydrogen) atoms. The van der Waals surface area contributed by atoms with Crippen molar-refractivity contribution in [1.29, 1.82) is 0 Å². The predicted octanol–water partition coefficient (Wildman–Crippen LogP) is 4.37. The summed E-state index contributed by atoms with van der Waals surface area (Å²) in [6.07, 6.45) is 8.59. The standard InChI is InChI=1S/C27H32FN3O4S/c1-2-35-27(32)31-23-9-10-24-19(14-23)12-20-16-30-36(33,34)26(20)25(24)11-8-22-7-6-18(15-29-22)17-4-3-5-21(28)13-17/h3-8,11,13,15,19-20,23-26,30H,2,9-10,12,14,16H2,1H3,(H,31,32)/b11-8+/t19-,20-,23-,24-,25+,26+/m1/s1. The number of nitrogens with one attached hydrogen (secondary N) is 2. The van der Waals surface area contributed by atoms with Crippen molar-refractivity contribution >= 4 is 22.2 Å². The normalized spacial score (nSPS) is 30.9. The minimum Gasteiger partial charge on any atom is -0.450 e. The van der Waals surface area contributed by atoms with E-state index in [4.69, 9.17) is 4.74 Å². The number of ether oxygens (including phenoxy) is 1. The highest BCUT2D eigenvalue weighted by Crippen LogP contribution is 2.50. The molecule has 0 unspecified atom stereocenters. The highest BCUT2D eigenvalue weighted by Gasteiger charge is 2.53. The van der Waals surface area contributed by atoms with E-state index in [0.29, 0.717) is 19.1 Å². The Labute approximate surface area is 211 Å². The van der Waals surface area contributed by atoms with Crippen LogP contribution in [0.25, 0.3) is 17.2 Å². The molecule has 0 spiro atoms. The number of hydrogen-bond acceptors (Lipinski definition) is 5. The molecule has 7 nitrogen and oxygen atoms in total. The van der Waals surface area contributed by atoms with Gasteiger partial charge in [0.2, 0.25) is 10.0 Å². The smallest absolute Gasteiger partial charge is 0.407 e. The molecule has 3 aliphatic rings. The zero-order valence-electron chi connectivity index (χ0n) is 20.3. The molecule has 2 aromatic rings. The van der Waals surface area contributed by atoms with Gasteiger partial charge in [0.1, 0.15) is 5.82 Å². The molecule has 1 aromatic carbocycles. The van der Waals surface area contributed by atoms with E-state index in [1.807, 2.05) is 30.4 Å². The van der Waals surface area contributed by atoms with Gasteiger partial charge in [-0.15, -0.1) is 0 Å². The number of alkyl carbamates (subject to hydrolysis) is 1. The number of sulfonamides is 1. The van der Waals surface area contributed by atoms with Crippen LogP contribution in [0.1, 0.15) is 38.3 Å². The number of carbonyl (C=O) groups is 1. The van der Waals surface area contributed by atoms with Crippen LogP contribution >= 0.6 is 0 Å². The molecule has 0 radical (unpaired) electrons. The fourth-order valence-electron chi connectivity index (χ4n) is 6.40. The Morgan fingerprint density at radius 2 is 2.06 bits per heavy atom. The summed E-state index contributed by atoms with van der Waals surface area (Å²) in [5.74, 6) is 0.193. The maximum atomic E-state index is 13.6. The van der Waals surface area contributed by atoms with Gasteiger partial charge in [0, 0.05) is 24.3 Å². The molecular formula is C27H32FN3O4S. The van der Waals surface area contributed by atoms with Gasteiger partial charge in [-0.2, -0.15) is 0 Å². The van der Waals surface area contributed by atoms with Crippen LogP contribution in [-0.2, 0) is 14.8 Å². The van der Waals surface area contributed by atoms with E-state index in [0.717, 1.165) is 42.5 Å². The number of hydrogen-bond donors (Lipinski definition) is 2. The number of amides is 1. The highest BCUT2D eigenvalue weighted by molar-refractivity contribution is 7.90. The van der Waals surface area contributed by atoms with Gasteiger partial charge < -0.3 is 10.1 Å². The lowest BCUT2D eigenvalue weighted by Crippen LogP contribution is -2.49. The molecule has 0 bridgehead atoms. The molecule has 1 aliphatic heterocycles. The summed E-state index contributed by atoms with van der Waals surface area (Å²) in [5, 5.41) is 2.53. The van der Waals surface area contributed by atoms with E-state index in [2.05, 4.69) is 15.0 Å². The molecule has 2 heterocycles. The SMILES string of the molecule is CCOC(=O)N[C@@H]1CC[C@@H]2[C@@H](C1)C[C@@H]1CNS(=O)(=O)[C@@H]1[C@H]2/C=C/c1ccc(-c2cccc(F)c2)cn1. The van der Waals surface area contributed by atoms with Crippen molar-refractivity contribution in [3.63, 3.8) is 0 Å². The summed E-state index contributed by atoms with van der Waals surface area (Å²) in [6.45, 7) is 2.59. The molecule has 2 aliphatic carbocycles. The first-order chi connectivity index (χ1) is 17.3. The molecule has 2 saturated carbocycles. The highest BCUT2D eigenvalue weighted by atomic mass is 32.2. The van der Waals surface area contributed by atoms with Gasteiger partial charge in [-0.05, 0) is 86.1 Å². The topological polar surface area (TPSA) is 97.4 Å². The number of aromatic nitrogens is 1. The van der Waals surface area contributed by atoms with Crippen LogP contribution in [0, 0.1) is 29.5 Å². The fraction of sp³-hybridized carbons (Fsp3) is 0.481. The van der Waals surface area contributed by atoms with Crippen LogP contribution in [0.5, 0.6) is 0 Å². The molecule has 3 fully saturated rings. The van der Waals surface area contributed by atoms with Crippen molar-refractivity contribution in [2.45, 2.75) is 43.9 Å². The van der Waals surface area contributed by atoms with Gasteiger partial charge in [0.15, 0.2) is 0 Å². The second kappa shape index (κ2) is 10.3. The van der Waals surface area contributed by atoms with Crippen LogP contribution in [0.15, 0.2) is 48.7 Å². The molecule has 1 amide bonds. The third kappa shape index (κ3) is 5.18. The second-order valence-corrected chi connectivity index (χ2v) is 12.0. The van der Waals surface area contributed by atoms with Crippen LogP contribution in [0.4, 0.5) is 9.18 Å². The minimum absolute atomic E-state index is 0.0504. The van der Waals surface area contributed by atoms with E-state index in [9.17, 15) is 17.6 Å². The number of halogens is 1. The van der Waals surface area contributed by atoms with Crippen molar-refractivity contribution in [1.82, 2.24) is 15.0 Å². The molecule has 2 N–H and O–H groups in total. The van der Waals surface area contributed by atoms with E-state index < -0.39 is 15.3 Å². The Hall–Kier alpha value is -2.78. The van der Waals surface area contributed by atoms with Gasteiger partial charge in [0.05, 0.1) is 17.6 Å². The maximum absolute atomic E-state index is 13.6. The summed E-state index contributed by atoms with van der Waals surface area (Å²) in [6, 6.07) is 10.2. The first kappa shape index (κ1) is 24.9. The summed E-state index contributed by atoms with van der Waals surface area (Å²) < 4.78 is 47.3. The first-order valence-electron chi connectivity index (χ1n) is 12.7. The van der Waals surface area contributed by atoms with Crippen molar-refractivity contribution in [3.8, 4) is 11.1 Å². The fourth-order valence-corrected chi connectivity index (χ4v) is 8.46. The maximum Gasteiger partial charge on any atom is 0.407 e. The largest absolute Gasteiger partial charge is 0.450 e. The monoisotopic (exact) mass is 513 g/mol. The average Bonchev–Trinajstić information content (AvgIpc) is 3.16. The van der Waals surface area contributed by atoms with Gasteiger partial charge in [-0.25, -0.2) is 22.3 Å². The quantitative estimate of drug-likeness (QED) is 0.619. The lowest BCUT2D eigenvalue weighted by molar-refractivity contribution is 0.0802. The Bertz CT molecular complexity index is 1230. The number of carbonyl (C=O) groups excluding carboxylic acids is 1. The average molecular weight is 514 g/mol. The number of benzene rings is 1. The Morgan fingerprint density at radius 3 is 2.81 bits per heavy atom. The van der Waals surface area contributed by atoms with Crippen molar-refractivity contribution in [2.24, 2.45) is 23.7 Å². The summed E-state index contributed by atoms with van der Waals surface area (Å²) in [7, 11) is -3.38. The number of rotatable bonds is 5. The van der Waals surface area contributed by atoms with E-state index >= 15 is 0 Å². The molecule has 1 saturated heterocycles. The van der Waals surface area contributed by atoms with Crippen LogP contribution in [0.2, 0.25) is 0 Å². The van der Waals surface area contributed by atoms with Gasteiger partial charge in [0.25, 0.3) is 0 Å². The number of fused-ring (bicyclic) bond motifs is 2. The Balaban J connectivity index is 1.35. The van der Waals surface area contributed by atoms with Crippen molar-refractivity contribution in [2.75, 3.05) is 13.2 Å². The minimum atomic E-state index is -3.38. The van der Waals surface area contributed by atoms with Crippen LogP contribution < -0.4 is 10.0 Å². The Morgan fingerprint density at radius 1 is 1.19 bits per heavy atom. The van der Waals surface area contributed by atoms with Crippen molar-refractivity contribution in [3.05, 3.63) is 60.2 Å². The predicted molar refractivity (Wildman–Crippen MR) is 136 cm³/mol. The summed E-state index contributed by atoms with van der Waals surface area (Å²) >= 11 is 0. The van der Waals surface area contributed by atoms with Crippen LogP contribution in [0.3, 0.4) is 0 Å². The van der Waals surface area contributed by atoms with E-state index in [1.165, 1.54) is 12.1 Å². The zero-order chi connectivity index (χ0) is 25.3. The number of nitrogens with zero attached hydrogens (tertiary/aromatic N) is 1. The van der Waals surface area contributed by atoms with Gasteiger partial charge in [-0.3, -0.25) is 4.98 Å². The van der Waals surface area contributed by atoms with E-state index in [1.54, 1.807) is 19.2 Å². The van der Waals surface area contributed by atoms with Gasteiger partial charge in [-0.1, -0.05) is 24.3 Å². The van der Waals surface area contributed by atoms with Crippen molar-refractivity contribution < 1.29 is 22.3 Å². The zero-order valence-corrected chi connectivity index (χ0v) is 21.1. The second-order valence-electron chi connectivity index (χ2n) is 10.1. The third-order valence-corrected chi connectivity index (χ3v) is 9.91. The number of allylic oxidation sites excluding steroid dienone is 1. The molecule has 5 rings (SSSR count). The molecular weight excluding hydrogens is 481 g/mol. The van der Waals surface area contributed by atoms with E-state index in [-0.39, 0.29) is 35.7 Å². The van der Waals surface area contributed by atoms with Crippen LogP contribution in [-0.4, -0.2) is 43.9 Å². The summed E-state index contributed by atoms with van der Waals surface area (Å²) in [5.41, 5.74) is 2.31. The molecule has 1 aromatic heterocycles.